The maximum atomic E-state index is 12.9. The first-order valence-corrected chi connectivity index (χ1v) is 10.7. The second-order valence-electron chi connectivity index (χ2n) is 7.20. The molecular weight excluding hydrogens is 390 g/mol. The number of rotatable bonds is 6. The van der Waals surface area contributed by atoms with Crippen LogP contribution in [0.25, 0.3) is 11.1 Å². The summed E-state index contributed by atoms with van der Waals surface area (Å²) in [7, 11) is 0.358. The lowest BCUT2D eigenvalue weighted by molar-refractivity contribution is -0.125. The van der Waals surface area contributed by atoms with Crippen molar-refractivity contribution in [3.63, 3.8) is 0 Å². The zero-order chi connectivity index (χ0) is 21.0. The molecule has 8 heteroatoms. The molecule has 0 saturated heterocycles. The number of hydrogen-bond donors (Lipinski definition) is 2. The third kappa shape index (κ3) is 4.73. The standard InChI is InChI=1S/C21H25N3O4S/c1-23(2)15-18-5-3-4-6-20(18)16-7-9-19(10-8-16)29(27,28)24-13-11-17(12-14-24)21(25)22-26/h3-11,26H,12-15H2,1-2H3,(H,22,25). The van der Waals surface area contributed by atoms with Crippen molar-refractivity contribution in [2.75, 3.05) is 27.2 Å². The highest BCUT2D eigenvalue weighted by molar-refractivity contribution is 7.89. The topological polar surface area (TPSA) is 90.0 Å². The van der Waals surface area contributed by atoms with Crippen LogP contribution in [0.2, 0.25) is 0 Å². The molecule has 0 fully saturated rings. The van der Waals surface area contributed by atoms with Crippen LogP contribution < -0.4 is 5.48 Å². The summed E-state index contributed by atoms with van der Waals surface area (Å²) in [6.07, 6.45) is 1.78. The van der Waals surface area contributed by atoms with Crippen LogP contribution in [-0.2, 0) is 21.4 Å². The molecule has 0 atom stereocenters. The van der Waals surface area contributed by atoms with E-state index in [1.54, 1.807) is 17.6 Å². The average molecular weight is 416 g/mol. The number of carbonyl (C=O) groups excluding carboxylic acids is 1. The number of nitrogens with one attached hydrogen (secondary N) is 1. The van der Waals surface area contributed by atoms with Crippen molar-refractivity contribution in [3.8, 4) is 11.1 Å². The molecule has 2 aromatic rings. The summed E-state index contributed by atoms with van der Waals surface area (Å²) in [5.41, 5.74) is 5.17. The van der Waals surface area contributed by atoms with Crippen LogP contribution in [0.4, 0.5) is 0 Å². The van der Waals surface area contributed by atoms with Crippen molar-refractivity contribution in [2.45, 2.75) is 17.9 Å². The normalized spacial score (nSPS) is 15.2. The van der Waals surface area contributed by atoms with E-state index in [9.17, 15) is 13.2 Å². The molecule has 154 valence electrons. The number of nitrogens with zero attached hydrogens (tertiary/aromatic N) is 2. The molecule has 1 aliphatic heterocycles. The second kappa shape index (κ2) is 8.87. The maximum absolute atomic E-state index is 12.9. The Hall–Kier alpha value is -2.52. The quantitative estimate of drug-likeness (QED) is 0.558. The molecular formula is C21H25N3O4S. The number of benzene rings is 2. The van der Waals surface area contributed by atoms with Crippen LogP contribution >= 0.6 is 0 Å². The van der Waals surface area contributed by atoms with E-state index in [-0.39, 0.29) is 24.4 Å². The van der Waals surface area contributed by atoms with E-state index in [1.165, 1.54) is 15.9 Å². The van der Waals surface area contributed by atoms with Gasteiger partial charge < -0.3 is 4.90 Å². The molecule has 7 nitrogen and oxygen atoms in total. The van der Waals surface area contributed by atoms with Crippen molar-refractivity contribution in [2.24, 2.45) is 0 Å². The number of sulfonamides is 1. The Kier molecular flexibility index (Phi) is 6.49. The predicted molar refractivity (Wildman–Crippen MR) is 111 cm³/mol. The summed E-state index contributed by atoms with van der Waals surface area (Å²) in [6.45, 7) is 1.08. The van der Waals surface area contributed by atoms with Gasteiger partial charge in [0.25, 0.3) is 5.91 Å². The minimum absolute atomic E-state index is 0.0957. The van der Waals surface area contributed by atoms with Gasteiger partial charge in [-0.2, -0.15) is 4.31 Å². The Morgan fingerprint density at radius 2 is 1.83 bits per heavy atom. The van der Waals surface area contributed by atoms with Crippen LogP contribution in [0.1, 0.15) is 12.0 Å². The Morgan fingerprint density at radius 3 is 2.41 bits per heavy atom. The van der Waals surface area contributed by atoms with Gasteiger partial charge in [0.05, 0.1) is 4.90 Å². The van der Waals surface area contributed by atoms with E-state index in [4.69, 9.17) is 5.21 Å². The predicted octanol–water partition coefficient (Wildman–Crippen LogP) is 2.24. The first-order valence-electron chi connectivity index (χ1n) is 9.29. The van der Waals surface area contributed by atoms with Gasteiger partial charge in [0.1, 0.15) is 0 Å². The first-order chi connectivity index (χ1) is 13.8. The molecule has 2 N–H and O–H groups in total. The van der Waals surface area contributed by atoms with Gasteiger partial charge in [-0.15, -0.1) is 0 Å². The second-order valence-corrected chi connectivity index (χ2v) is 9.14. The summed E-state index contributed by atoms with van der Waals surface area (Å²) in [6, 6.07) is 15.0. The Morgan fingerprint density at radius 1 is 1.14 bits per heavy atom. The first kappa shape index (κ1) is 21.2. The van der Waals surface area contributed by atoms with Gasteiger partial charge >= 0.3 is 0 Å². The largest absolute Gasteiger partial charge is 0.305 e. The van der Waals surface area contributed by atoms with E-state index in [1.807, 2.05) is 44.4 Å². The summed E-state index contributed by atoms with van der Waals surface area (Å²) in [5, 5.41) is 8.70. The van der Waals surface area contributed by atoms with Crippen molar-refractivity contribution in [3.05, 3.63) is 65.7 Å². The third-order valence-electron chi connectivity index (χ3n) is 4.87. The van der Waals surface area contributed by atoms with Crippen molar-refractivity contribution in [1.29, 1.82) is 0 Å². The van der Waals surface area contributed by atoms with Gasteiger partial charge in [-0.3, -0.25) is 10.0 Å². The summed E-state index contributed by atoms with van der Waals surface area (Å²) < 4.78 is 27.2. The van der Waals surface area contributed by atoms with Crippen LogP contribution in [0.5, 0.6) is 0 Å². The van der Waals surface area contributed by atoms with E-state index in [0.717, 1.165) is 17.7 Å². The summed E-state index contributed by atoms with van der Waals surface area (Å²) >= 11 is 0. The minimum atomic E-state index is -3.66. The molecule has 0 aliphatic carbocycles. The number of hydrogen-bond acceptors (Lipinski definition) is 5. The smallest absolute Gasteiger partial charge is 0.270 e. The van der Waals surface area contributed by atoms with Gasteiger partial charge in [0.15, 0.2) is 0 Å². The maximum Gasteiger partial charge on any atom is 0.270 e. The summed E-state index contributed by atoms with van der Waals surface area (Å²) in [5.74, 6) is -0.595. The lowest BCUT2D eigenvalue weighted by Gasteiger charge is -2.25. The highest BCUT2D eigenvalue weighted by Gasteiger charge is 2.27. The number of hydroxylamine groups is 1. The number of amides is 1. The fourth-order valence-corrected chi connectivity index (χ4v) is 4.76. The van der Waals surface area contributed by atoms with E-state index in [2.05, 4.69) is 11.0 Å². The van der Waals surface area contributed by atoms with Crippen molar-refractivity contribution >= 4 is 15.9 Å². The number of carbonyl (C=O) groups is 1. The van der Waals surface area contributed by atoms with E-state index >= 15 is 0 Å². The average Bonchev–Trinajstić information content (AvgIpc) is 2.73. The van der Waals surface area contributed by atoms with Crippen molar-refractivity contribution in [1.82, 2.24) is 14.7 Å². The van der Waals surface area contributed by atoms with Crippen LogP contribution in [0.15, 0.2) is 65.1 Å². The molecule has 0 unspecified atom stereocenters. The molecule has 0 bridgehead atoms. The Balaban J connectivity index is 1.82. The lowest BCUT2D eigenvalue weighted by Crippen LogP contribution is -2.37. The van der Waals surface area contributed by atoms with Gasteiger partial charge in [-0.25, -0.2) is 13.9 Å². The fourth-order valence-electron chi connectivity index (χ4n) is 3.38. The molecule has 1 amide bonds. The van der Waals surface area contributed by atoms with E-state index < -0.39 is 15.9 Å². The SMILES string of the molecule is CN(C)Cc1ccccc1-c1ccc(S(=O)(=O)N2CC=C(C(=O)NO)CC2)cc1. The zero-order valence-electron chi connectivity index (χ0n) is 16.5. The monoisotopic (exact) mass is 415 g/mol. The Labute approximate surface area is 171 Å². The minimum Gasteiger partial charge on any atom is -0.305 e. The molecule has 1 aliphatic rings. The third-order valence-corrected chi connectivity index (χ3v) is 6.75. The summed E-state index contributed by atoms with van der Waals surface area (Å²) in [4.78, 5) is 13.8. The van der Waals surface area contributed by atoms with Gasteiger partial charge in [-0.1, -0.05) is 42.5 Å². The van der Waals surface area contributed by atoms with Gasteiger partial charge in [-0.05, 0) is 49.3 Å². The van der Waals surface area contributed by atoms with Crippen LogP contribution in [0.3, 0.4) is 0 Å². The van der Waals surface area contributed by atoms with Gasteiger partial charge in [0.2, 0.25) is 10.0 Å². The van der Waals surface area contributed by atoms with Crippen molar-refractivity contribution < 1.29 is 18.4 Å². The molecule has 2 aromatic carbocycles. The molecule has 0 saturated carbocycles. The Bertz CT molecular complexity index is 1010. The zero-order valence-corrected chi connectivity index (χ0v) is 17.3. The van der Waals surface area contributed by atoms with Crippen LogP contribution in [0, 0.1) is 0 Å². The molecule has 1 heterocycles. The fraction of sp³-hybridized carbons (Fsp3) is 0.286. The highest BCUT2D eigenvalue weighted by Crippen LogP contribution is 2.27. The van der Waals surface area contributed by atoms with E-state index in [0.29, 0.717) is 5.57 Å². The molecule has 29 heavy (non-hydrogen) atoms. The molecule has 0 spiro atoms. The molecule has 0 aromatic heterocycles. The molecule has 0 radical (unpaired) electrons. The lowest BCUT2D eigenvalue weighted by atomic mass is 9.99. The van der Waals surface area contributed by atoms with Crippen LogP contribution in [-0.4, -0.2) is 55.9 Å². The highest BCUT2D eigenvalue weighted by atomic mass is 32.2. The molecule has 3 rings (SSSR count). The van der Waals surface area contributed by atoms with Gasteiger partial charge in [0, 0.05) is 25.2 Å².